The van der Waals surface area contributed by atoms with Crippen LogP contribution in [0.3, 0.4) is 0 Å². The van der Waals surface area contributed by atoms with Gasteiger partial charge < -0.3 is 4.57 Å². The Balaban J connectivity index is 1.67. The minimum absolute atomic E-state index is 0.189. The van der Waals surface area contributed by atoms with Gasteiger partial charge in [-0.05, 0) is 28.8 Å². The molecule has 2 heterocycles. The zero-order valence-electron chi connectivity index (χ0n) is 12.3. The van der Waals surface area contributed by atoms with Gasteiger partial charge in [0, 0.05) is 30.4 Å². The predicted molar refractivity (Wildman–Crippen MR) is 97.4 cm³/mol. The van der Waals surface area contributed by atoms with E-state index in [0.717, 1.165) is 13.0 Å². The molecule has 4 heteroatoms. The molecule has 1 fully saturated rings. The van der Waals surface area contributed by atoms with Crippen LogP contribution in [-0.2, 0) is 10.6 Å². The van der Waals surface area contributed by atoms with Gasteiger partial charge in [-0.2, -0.15) is 0 Å². The van der Waals surface area contributed by atoms with Crippen molar-refractivity contribution in [2.24, 2.45) is 0 Å². The Morgan fingerprint density at radius 3 is 2.64 bits per heavy atom. The van der Waals surface area contributed by atoms with Gasteiger partial charge in [0.1, 0.15) is 0 Å². The highest BCUT2D eigenvalue weighted by Gasteiger charge is 2.37. The van der Waals surface area contributed by atoms with E-state index >= 15 is 0 Å². The van der Waals surface area contributed by atoms with Crippen LogP contribution in [0.25, 0.3) is 10.8 Å². The first-order valence-electron chi connectivity index (χ1n) is 7.59. The largest absolute Gasteiger partial charge is 0.337 e. The van der Waals surface area contributed by atoms with E-state index < -0.39 is 0 Å². The Labute approximate surface area is 139 Å². The Morgan fingerprint density at radius 1 is 1.05 bits per heavy atom. The summed E-state index contributed by atoms with van der Waals surface area (Å²) in [6.07, 6.45) is 6.96. The molecule has 22 heavy (non-hydrogen) atoms. The second-order valence-electron chi connectivity index (χ2n) is 5.56. The van der Waals surface area contributed by atoms with Crippen molar-refractivity contribution >= 4 is 34.3 Å². The fourth-order valence-electron chi connectivity index (χ4n) is 3.03. The van der Waals surface area contributed by atoms with Crippen LogP contribution in [0.2, 0.25) is 0 Å². The van der Waals surface area contributed by atoms with Crippen molar-refractivity contribution in [3.05, 3.63) is 66.7 Å². The van der Waals surface area contributed by atoms with Crippen molar-refractivity contribution in [1.29, 1.82) is 0 Å². The molecule has 0 spiro atoms. The van der Waals surface area contributed by atoms with Crippen molar-refractivity contribution in [2.75, 3.05) is 11.5 Å². The van der Waals surface area contributed by atoms with Gasteiger partial charge in [0.25, 0.3) is 0 Å². The number of fused-ring (bicyclic) bond motifs is 1. The summed E-state index contributed by atoms with van der Waals surface area (Å²) in [7, 11) is 0. The van der Waals surface area contributed by atoms with E-state index in [9.17, 15) is 0 Å². The fraction of sp³-hybridized carbons (Fsp3) is 0.278. The van der Waals surface area contributed by atoms with Crippen LogP contribution in [-0.4, -0.2) is 21.1 Å². The second kappa shape index (κ2) is 6.01. The summed E-state index contributed by atoms with van der Waals surface area (Å²) in [5.74, 6) is 2.48. The number of aromatic nitrogens is 2. The molecule has 2 nitrogen and oxygen atoms in total. The van der Waals surface area contributed by atoms with Crippen LogP contribution >= 0.6 is 23.5 Å². The predicted octanol–water partition coefficient (Wildman–Crippen LogP) is 4.76. The first kappa shape index (κ1) is 14.2. The molecule has 0 N–H and O–H groups in total. The van der Waals surface area contributed by atoms with E-state index in [0.29, 0.717) is 0 Å². The Kier molecular flexibility index (Phi) is 3.89. The molecule has 2 aromatic carbocycles. The molecular formula is C18H18N2S2. The zero-order chi connectivity index (χ0) is 14.8. The summed E-state index contributed by atoms with van der Waals surface area (Å²) in [5.41, 5.74) is 1.46. The van der Waals surface area contributed by atoms with E-state index in [1.807, 2.05) is 12.5 Å². The lowest BCUT2D eigenvalue weighted by Crippen LogP contribution is -2.17. The number of hydrogen-bond acceptors (Lipinski definition) is 3. The normalized spacial score (nSPS) is 17.1. The number of thioether (sulfide) groups is 2. The lowest BCUT2D eigenvalue weighted by atomic mass is 10.0. The van der Waals surface area contributed by atoms with E-state index in [4.69, 9.17) is 0 Å². The van der Waals surface area contributed by atoms with Gasteiger partial charge in [-0.15, -0.1) is 23.5 Å². The molecule has 4 rings (SSSR count). The summed E-state index contributed by atoms with van der Waals surface area (Å²) < 4.78 is 2.37. The van der Waals surface area contributed by atoms with Gasteiger partial charge in [-0.25, -0.2) is 4.98 Å². The monoisotopic (exact) mass is 326 g/mol. The molecule has 1 saturated heterocycles. The minimum atomic E-state index is 0.189. The molecule has 0 atom stereocenters. The highest BCUT2D eigenvalue weighted by Crippen LogP contribution is 2.54. The molecule has 112 valence electrons. The van der Waals surface area contributed by atoms with Gasteiger partial charge in [-0.1, -0.05) is 36.4 Å². The molecule has 0 bridgehead atoms. The Bertz CT molecular complexity index is 762. The van der Waals surface area contributed by atoms with Crippen LogP contribution in [0.15, 0.2) is 61.2 Å². The molecule has 0 saturated carbocycles. The van der Waals surface area contributed by atoms with Crippen molar-refractivity contribution in [1.82, 2.24) is 9.55 Å². The summed E-state index contributed by atoms with van der Waals surface area (Å²) in [6, 6.07) is 15.6. The molecule has 3 aromatic rings. The highest BCUT2D eigenvalue weighted by molar-refractivity contribution is 8.20. The second-order valence-corrected chi connectivity index (χ2v) is 8.61. The molecule has 1 aliphatic rings. The number of nitrogens with zero attached hydrogens (tertiary/aromatic N) is 2. The SMILES string of the molecule is c1ccc2cc(C3(CCn4ccnc4)SCCS3)ccc2c1. The molecular weight excluding hydrogens is 308 g/mol. The van der Waals surface area contributed by atoms with Crippen molar-refractivity contribution in [3.63, 3.8) is 0 Å². The van der Waals surface area contributed by atoms with Crippen LogP contribution in [0.5, 0.6) is 0 Å². The van der Waals surface area contributed by atoms with Gasteiger partial charge in [0.2, 0.25) is 0 Å². The molecule has 0 radical (unpaired) electrons. The number of imidazole rings is 1. The summed E-state index contributed by atoms with van der Waals surface area (Å²) in [5, 5.41) is 2.67. The van der Waals surface area contributed by atoms with Crippen molar-refractivity contribution < 1.29 is 0 Å². The highest BCUT2D eigenvalue weighted by atomic mass is 32.2. The molecule has 0 amide bonds. The molecule has 0 aliphatic carbocycles. The number of aryl methyl sites for hydroxylation is 1. The third-order valence-electron chi connectivity index (χ3n) is 4.20. The van der Waals surface area contributed by atoms with Gasteiger partial charge >= 0.3 is 0 Å². The minimum Gasteiger partial charge on any atom is -0.337 e. The maximum atomic E-state index is 4.15. The van der Waals surface area contributed by atoms with Crippen LogP contribution in [0.1, 0.15) is 12.0 Å². The van der Waals surface area contributed by atoms with E-state index in [2.05, 4.69) is 81.7 Å². The van der Waals surface area contributed by atoms with E-state index in [1.54, 1.807) is 0 Å². The number of benzene rings is 2. The van der Waals surface area contributed by atoms with Crippen LogP contribution in [0, 0.1) is 0 Å². The Morgan fingerprint density at radius 2 is 1.86 bits per heavy atom. The van der Waals surface area contributed by atoms with E-state index in [-0.39, 0.29) is 4.08 Å². The van der Waals surface area contributed by atoms with Gasteiger partial charge in [-0.3, -0.25) is 0 Å². The maximum Gasteiger partial charge on any atom is 0.0945 e. The average molecular weight is 326 g/mol. The van der Waals surface area contributed by atoms with E-state index in [1.165, 1.54) is 27.8 Å². The number of rotatable bonds is 4. The Hall–Kier alpha value is -1.39. The number of hydrogen-bond donors (Lipinski definition) is 0. The summed E-state index contributed by atoms with van der Waals surface area (Å²) >= 11 is 4.21. The average Bonchev–Trinajstić information content (AvgIpc) is 3.25. The first-order chi connectivity index (χ1) is 10.9. The molecule has 1 aliphatic heterocycles. The van der Waals surface area contributed by atoms with Gasteiger partial charge in [0.15, 0.2) is 0 Å². The maximum absolute atomic E-state index is 4.15. The lowest BCUT2D eigenvalue weighted by Gasteiger charge is -2.28. The molecule has 0 unspecified atom stereocenters. The zero-order valence-corrected chi connectivity index (χ0v) is 13.9. The summed E-state index contributed by atoms with van der Waals surface area (Å²) in [6.45, 7) is 1.02. The summed E-state index contributed by atoms with van der Waals surface area (Å²) in [4.78, 5) is 4.15. The fourth-order valence-corrected chi connectivity index (χ4v) is 6.25. The van der Waals surface area contributed by atoms with Crippen LogP contribution < -0.4 is 0 Å². The van der Waals surface area contributed by atoms with Crippen LogP contribution in [0.4, 0.5) is 0 Å². The first-order valence-corrected chi connectivity index (χ1v) is 9.56. The van der Waals surface area contributed by atoms with Crippen molar-refractivity contribution in [2.45, 2.75) is 17.0 Å². The van der Waals surface area contributed by atoms with Crippen molar-refractivity contribution in [3.8, 4) is 0 Å². The van der Waals surface area contributed by atoms with Gasteiger partial charge in [0.05, 0.1) is 10.4 Å². The quantitative estimate of drug-likeness (QED) is 0.688. The standard InChI is InChI=1S/C18H18N2S2/c1-2-4-16-13-17(6-5-15(16)3-1)18(21-11-12-22-18)7-9-20-10-8-19-14-20/h1-6,8,10,13-14H,7,9,11-12H2. The smallest absolute Gasteiger partial charge is 0.0945 e. The third-order valence-corrected chi connectivity index (χ3v) is 7.80. The lowest BCUT2D eigenvalue weighted by molar-refractivity contribution is 0.615. The third kappa shape index (κ3) is 2.66. The topological polar surface area (TPSA) is 17.8 Å². The molecule has 1 aromatic heterocycles.